The molecule has 0 aliphatic carbocycles. The van der Waals surface area contributed by atoms with E-state index in [2.05, 4.69) is 17.0 Å². The van der Waals surface area contributed by atoms with Gasteiger partial charge in [-0.3, -0.25) is 14.3 Å². The van der Waals surface area contributed by atoms with Crippen LogP contribution in [0.15, 0.2) is 47.4 Å². The van der Waals surface area contributed by atoms with Crippen molar-refractivity contribution in [1.82, 2.24) is 10.2 Å². The van der Waals surface area contributed by atoms with Crippen molar-refractivity contribution in [3.05, 3.63) is 53.6 Å². The van der Waals surface area contributed by atoms with Crippen LogP contribution in [-0.4, -0.2) is 51.9 Å². The van der Waals surface area contributed by atoms with Crippen LogP contribution in [0.1, 0.15) is 42.1 Å². The Morgan fingerprint density at radius 3 is 2.55 bits per heavy atom. The van der Waals surface area contributed by atoms with Gasteiger partial charge in [-0.25, -0.2) is 8.42 Å². The first kappa shape index (κ1) is 24.6. The number of hydrogen-bond donors (Lipinski definition) is 2. The van der Waals surface area contributed by atoms with Crippen LogP contribution < -0.4 is 14.8 Å². The van der Waals surface area contributed by atoms with E-state index in [1.54, 1.807) is 24.3 Å². The quantitative estimate of drug-likeness (QED) is 0.613. The lowest BCUT2D eigenvalue weighted by Gasteiger charge is -2.31. The third-order valence-electron chi connectivity index (χ3n) is 5.65. The molecule has 9 heteroatoms. The summed E-state index contributed by atoms with van der Waals surface area (Å²) >= 11 is 0. The van der Waals surface area contributed by atoms with Gasteiger partial charge in [-0.05, 0) is 56.0 Å². The molecule has 0 aromatic heterocycles. The van der Waals surface area contributed by atoms with E-state index in [-0.39, 0.29) is 35.1 Å². The van der Waals surface area contributed by atoms with E-state index in [1.165, 1.54) is 25.3 Å². The van der Waals surface area contributed by atoms with Gasteiger partial charge >= 0.3 is 0 Å². The van der Waals surface area contributed by atoms with Crippen LogP contribution in [0.4, 0.5) is 5.69 Å². The molecule has 1 saturated heterocycles. The Balaban J connectivity index is 1.67. The second-order valence-electron chi connectivity index (χ2n) is 8.43. The summed E-state index contributed by atoms with van der Waals surface area (Å²) in [5.74, 6) is 0.178. The third kappa shape index (κ3) is 6.47. The highest BCUT2D eigenvalue weighted by molar-refractivity contribution is 7.92. The molecule has 33 heavy (non-hydrogen) atoms. The largest absolute Gasteiger partial charge is 0.495 e. The third-order valence-corrected chi connectivity index (χ3v) is 7.06. The first-order valence-electron chi connectivity index (χ1n) is 11.0. The van der Waals surface area contributed by atoms with Gasteiger partial charge in [0.15, 0.2) is 0 Å². The average molecular weight is 474 g/mol. The molecule has 0 saturated carbocycles. The summed E-state index contributed by atoms with van der Waals surface area (Å²) < 4.78 is 33.7. The van der Waals surface area contributed by atoms with Gasteiger partial charge in [-0.1, -0.05) is 24.6 Å². The van der Waals surface area contributed by atoms with E-state index in [1.807, 2.05) is 11.8 Å². The van der Waals surface area contributed by atoms with Crippen LogP contribution in [0, 0.1) is 12.8 Å². The predicted molar refractivity (Wildman–Crippen MR) is 127 cm³/mol. The number of ether oxygens (including phenoxy) is 1. The summed E-state index contributed by atoms with van der Waals surface area (Å²) in [6, 6.07) is 11.1. The van der Waals surface area contributed by atoms with Gasteiger partial charge in [-0.15, -0.1) is 0 Å². The van der Waals surface area contributed by atoms with Gasteiger partial charge in [0.25, 0.3) is 15.9 Å². The maximum atomic E-state index is 13.0. The number of likely N-dealkylation sites (tertiary alicyclic amines) is 1. The van der Waals surface area contributed by atoms with Gasteiger partial charge in [0.05, 0.1) is 7.11 Å². The SMILES string of the molecule is COc1ccc(C(=O)NCCC(=O)N2CCCC(C)C2)cc1S(=O)(=O)Nc1ccc(C)cc1. The van der Waals surface area contributed by atoms with Crippen LogP contribution in [0.3, 0.4) is 0 Å². The zero-order chi connectivity index (χ0) is 24.0. The zero-order valence-electron chi connectivity index (χ0n) is 19.3. The number of rotatable bonds is 8. The second-order valence-corrected chi connectivity index (χ2v) is 10.1. The predicted octanol–water partition coefficient (Wildman–Crippen LogP) is 3.18. The average Bonchev–Trinajstić information content (AvgIpc) is 2.79. The van der Waals surface area contributed by atoms with Crippen LogP contribution in [0.5, 0.6) is 5.75 Å². The molecule has 2 N–H and O–H groups in total. The van der Waals surface area contributed by atoms with E-state index < -0.39 is 15.9 Å². The number of amides is 2. The van der Waals surface area contributed by atoms with Crippen molar-refractivity contribution in [2.75, 3.05) is 31.5 Å². The fourth-order valence-electron chi connectivity index (χ4n) is 3.82. The van der Waals surface area contributed by atoms with Crippen molar-refractivity contribution in [2.24, 2.45) is 5.92 Å². The van der Waals surface area contributed by atoms with Gasteiger partial charge in [0, 0.05) is 37.3 Å². The highest BCUT2D eigenvalue weighted by Crippen LogP contribution is 2.27. The number of benzene rings is 2. The molecule has 1 atom stereocenters. The molecule has 3 rings (SSSR count). The lowest BCUT2D eigenvalue weighted by Crippen LogP contribution is -2.40. The minimum absolute atomic E-state index is 0.0159. The molecule has 0 spiro atoms. The van der Waals surface area contributed by atoms with Crippen LogP contribution in [0.25, 0.3) is 0 Å². The van der Waals surface area contributed by atoms with Crippen LogP contribution in [0.2, 0.25) is 0 Å². The van der Waals surface area contributed by atoms with Crippen molar-refractivity contribution >= 4 is 27.5 Å². The lowest BCUT2D eigenvalue weighted by atomic mass is 10.00. The number of hydrogen-bond acceptors (Lipinski definition) is 5. The summed E-state index contributed by atoms with van der Waals surface area (Å²) in [5, 5.41) is 2.71. The fourth-order valence-corrected chi connectivity index (χ4v) is 5.07. The van der Waals surface area contributed by atoms with Gasteiger partial charge in [0.2, 0.25) is 5.91 Å². The van der Waals surface area contributed by atoms with Crippen molar-refractivity contribution in [3.8, 4) is 5.75 Å². The molecule has 1 aliphatic heterocycles. The minimum atomic E-state index is -3.99. The van der Waals surface area contributed by atoms with Crippen LogP contribution in [-0.2, 0) is 14.8 Å². The fraction of sp³-hybridized carbons (Fsp3) is 0.417. The second kappa shape index (κ2) is 10.7. The van der Waals surface area contributed by atoms with Gasteiger partial charge < -0.3 is 15.0 Å². The summed E-state index contributed by atoms with van der Waals surface area (Å²) in [6.45, 7) is 5.72. The number of nitrogens with one attached hydrogen (secondary N) is 2. The molecule has 178 valence electrons. The summed E-state index contributed by atoms with van der Waals surface area (Å²) in [4.78, 5) is 26.7. The van der Waals surface area contributed by atoms with Gasteiger partial charge in [0.1, 0.15) is 10.6 Å². The van der Waals surface area contributed by atoms with E-state index >= 15 is 0 Å². The Morgan fingerprint density at radius 1 is 1.15 bits per heavy atom. The molecule has 2 aromatic rings. The Morgan fingerprint density at radius 2 is 1.88 bits per heavy atom. The summed E-state index contributed by atoms with van der Waals surface area (Å²) in [7, 11) is -2.63. The zero-order valence-corrected chi connectivity index (χ0v) is 20.1. The van der Waals surface area contributed by atoms with Crippen molar-refractivity contribution in [2.45, 2.75) is 38.0 Å². The number of methoxy groups -OCH3 is 1. The Hall–Kier alpha value is -3.07. The molecule has 1 aliphatic rings. The Bertz CT molecular complexity index is 1100. The van der Waals surface area contributed by atoms with Crippen molar-refractivity contribution in [3.63, 3.8) is 0 Å². The highest BCUT2D eigenvalue weighted by Gasteiger charge is 2.23. The van der Waals surface area contributed by atoms with E-state index in [4.69, 9.17) is 4.74 Å². The number of aryl methyl sites for hydroxylation is 1. The first-order valence-corrected chi connectivity index (χ1v) is 12.5. The lowest BCUT2D eigenvalue weighted by molar-refractivity contribution is -0.132. The first-order chi connectivity index (χ1) is 15.7. The molecule has 0 bridgehead atoms. The van der Waals surface area contributed by atoms with E-state index in [0.717, 1.165) is 31.5 Å². The topological polar surface area (TPSA) is 105 Å². The number of carbonyl (C=O) groups is 2. The number of anilines is 1. The molecule has 8 nitrogen and oxygen atoms in total. The summed E-state index contributed by atoms with van der Waals surface area (Å²) in [5.41, 5.74) is 1.57. The number of sulfonamides is 1. The number of piperidine rings is 1. The number of carbonyl (C=O) groups excluding carboxylic acids is 2. The Labute approximate surface area is 195 Å². The molecule has 1 fully saturated rings. The maximum Gasteiger partial charge on any atom is 0.265 e. The van der Waals surface area contributed by atoms with Gasteiger partial charge in [-0.2, -0.15) is 0 Å². The Kier molecular flexibility index (Phi) is 7.97. The molecule has 2 amide bonds. The monoisotopic (exact) mass is 473 g/mol. The number of nitrogens with zero attached hydrogens (tertiary/aromatic N) is 1. The molecular formula is C24H31N3O5S. The normalized spacial score (nSPS) is 16.2. The molecule has 0 radical (unpaired) electrons. The van der Waals surface area contributed by atoms with E-state index in [9.17, 15) is 18.0 Å². The molecule has 1 heterocycles. The maximum absolute atomic E-state index is 13.0. The van der Waals surface area contributed by atoms with Crippen molar-refractivity contribution in [1.29, 1.82) is 0 Å². The standard InChI is InChI=1S/C24H31N3O5S/c1-17-6-9-20(10-7-17)26-33(30,31)22-15-19(8-11-21(22)32-3)24(29)25-13-12-23(28)27-14-4-5-18(2)16-27/h6-11,15,18,26H,4-5,12-14,16H2,1-3H3,(H,25,29). The molecular weight excluding hydrogens is 442 g/mol. The van der Waals surface area contributed by atoms with Crippen LogP contribution >= 0.6 is 0 Å². The van der Waals surface area contributed by atoms with E-state index in [0.29, 0.717) is 11.6 Å². The molecule has 1 unspecified atom stereocenters. The highest BCUT2D eigenvalue weighted by atomic mass is 32.2. The van der Waals surface area contributed by atoms with Crippen molar-refractivity contribution < 1.29 is 22.7 Å². The molecule has 2 aromatic carbocycles. The smallest absolute Gasteiger partial charge is 0.265 e. The summed E-state index contributed by atoms with van der Waals surface area (Å²) in [6.07, 6.45) is 2.33. The minimum Gasteiger partial charge on any atom is -0.495 e.